The molecule has 1 N–H and O–H groups in total. The number of rotatable bonds is 4. The van der Waals surface area contributed by atoms with Crippen molar-refractivity contribution in [3.05, 3.63) is 44.9 Å². The molecule has 0 radical (unpaired) electrons. The number of anilines is 1. The van der Waals surface area contributed by atoms with E-state index in [-0.39, 0.29) is 11.9 Å². The van der Waals surface area contributed by atoms with Crippen LogP contribution in [-0.4, -0.2) is 6.61 Å². The number of fused-ring (bicyclic) bond motifs is 1. The van der Waals surface area contributed by atoms with E-state index in [0.717, 1.165) is 22.9 Å². The monoisotopic (exact) mass is 311 g/mol. The SMILES string of the molecule is CCOc1ccc(NC2CCc3sc(Cl)cc32)cc1F. The van der Waals surface area contributed by atoms with Gasteiger partial charge in [0.1, 0.15) is 0 Å². The van der Waals surface area contributed by atoms with Gasteiger partial charge in [-0.2, -0.15) is 0 Å². The first-order valence-corrected chi connectivity index (χ1v) is 7.84. The molecule has 0 fully saturated rings. The van der Waals surface area contributed by atoms with Gasteiger partial charge in [0.25, 0.3) is 0 Å². The quantitative estimate of drug-likeness (QED) is 0.854. The molecule has 3 rings (SSSR count). The Morgan fingerprint density at radius 3 is 3.05 bits per heavy atom. The molecule has 106 valence electrons. The van der Waals surface area contributed by atoms with Gasteiger partial charge in [0.05, 0.1) is 17.0 Å². The molecule has 0 amide bonds. The second kappa shape index (κ2) is 5.62. The number of halogens is 2. The summed E-state index contributed by atoms with van der Waals surface area (Å²) < 4.78 is 19.8. The maximum atomic E-state index is 13.8. The number of hydrogen-bond acceptors (Lipinski definition) is 3. The highest BCUT2D eigenvalue weighted by molar-refractivity contribution is 7.16. The van der Waals surface area contributed by atoms with Crippen molar-refractivity contribution in [1.29, 1.82) is 0 Å². The normalized spacial score (nSPS) is 17.1. The van der Waals surface area contributed by atoms with Gasteiger partial charge in [0.2, 0.25) is 0 Å². The molecule has 5 heteroatoms. The van der Waals surface area contributed by atoms with Crippen molar-refractivity contribution in [1.82, 2.24) is 0 Å². The van der Waals surface area contributed by atoms with Crippen molar-refractivity contribution in [2.75, 3.05) is 11.9 Å². The number of benzene rings is 1. The number of thiophene rings is 1. The van der Waals surface area contributed by atoms with E-state index in [1.807, 2.05) is 19.1 Å². The summed E-state index contributed by atoms with van der Waals surface area (Å²) in [7, 11) is 0. The van der Waals surface area contributed by atoms with Crippen LogP contribution in [0.5, 0.6) is 5.75 Å². The third-order valence-corrected chi connectivity index (χ3v) is 4.76. The van der Waals surface area contributed by atoms with Gasteiger partial charge >= 0.3 is 0 Å². The van der Waals surface area contributed by atoms with E-state index in [4.69, 9.17) is 16.3 Å². The zero-order valence-electron chi connectivity index (χ0n) is 11.1. The Morgan fingerprint density at radius 2 is 2.30 bits per heavy atom. The Bertz CT molecular complexity index is 628. The third-order valence-electron chi connectivity index (χ3n) is 3.42. The summed E-state index contributed by atoms with van der Waals surface area (Å²) in [6.07, 6.45) is 2.05. The first kappa shape index (κ1) is 13.7. The van der Waals surface area contributed by atoms with Gasteiger partial charge in [-0.15, -0.1) is 11.3 Å². The molecular formula is C15H15ClFNOS. The zero-order valence-corrected chi connectivity index (χ0v) is 12.7. The summed E-state index contributed by atoms with van der Waals surface area (Å²) in [5, 5.41) is 3.37. The van der Waals surface area contributed by atoms with E-state index >= 15 is 0 Å². The molecule has 0 spiro atoms. The fourth-order valence-corrected chi connectivity index (χ4v) is 3.90. The van der Waals surface area contributed by atoms with Crippen LogP contribution in [0.3, 0.4) is 0 Å². The number of aryl methyl sites for hydroxylation is 1. The molecule has 1 aliphatic carbocycles. The van der Waals surface area contributed by atoms with Gasteiger partial charge < -0.3 is 10.1 Å². The molecule has 1 aromatic heterocycles. The number of hydrogen-bond donors (Lipinski definition) is 1. The average molecular weight is 312 g/mol. The van der Waals surface area contributed by atoms with Crippen LogP contribution < -0.4 is 10.1 Å². The lowest BCUT2D eigenvalue weighted by atomic mass is 10.1. The van der Waals surface area contributed by atoms with E-state index < -0.39 is 0 Å². The molecule has 0 saturated heterocycles. The molecule has 0 aliphatic heterocycles. The Hall–Kier alpha value is -1.26. The molecule has 20 heavy (non-hydrogen) atoms. The van der Waals surface area contributed by atoms with E-state index in [1.54, 1.807) is 17.4 Å². The third kappa shape index (κ3) is 2.63. The second-order valence-electron chi connectivity index (χ2n) is 4.74. The lowest BCUT2D eigenvalue weighted by molar-refractivity contribution is 0.321. The topological polar surface area (TPSA) is 21.3 Å². The van der Waals surface area contributed by atoms with Gasteiger partial charge in [0.15, 0.2) is 11.6 Å². The van der Waals surface area contributed by atoms with Crippen LogP contribution in [-0.2, 0) is 6.42 Å². The Balaban J connectivity index is 1.77. The first-order chi connectivity index (χ1) is 9.67. The Morgan fingerprint density at radius 1 is 1.45 bits per heavy atom. The number of ether oxygens (including phenoxy) is 1. The average Bonchev–Trinajstić information content (AvgIpc) is 2.94. The van der Waals surface area contributed by atoms with Gasteiger partial charge in [0, 0.05) is 16.6 Å². The molecular weight excluding hydrogens is 297 g/mol. The predicted molar refractivity (Wildman–Crippen MR) is 81.6 cm³/mol. The highest BCUT2D eigenvalue weighted by Crippen LogP contribution is 2.41. The van der Waals surface area contributed by atoms with E-state index in [2.05, 4.69) is 5.32 Å². The molecule has 1 atom stereocenters. The van der Waals surface area contributed by atoms with Crippen LogP contribution in [0, 0.1) is 5.82 Å². The summed E-state index contributed by atoms with van der Waals surface area (Å²) in [4.78, 5) is 1.33. The number of nitrogens with one attached hydrogen (secondary N) is 1. The van der Waals surface area contributed by atoms with Crippen LogP contribution in [0.15, 0.2) is 24.3 Å². The summed E-state index contributed by atoms with van der Waals surface area (Å²) in [5.41, 5.74) is 2.01. The van der Waals surface area contributed by atoms with E-state index in [1.165, 1.54) is 16.5 Å². The fourth-order valence-electron chi connectivity index (χ4n) is 2.54. The van der Waals surface area contributed by atoms with Crippen molar-refractivity contribution < 1.29 is 9.13 Å². The van der Waals surface area contributed by atoms with Gasteiger partial charge in [-0.25, -0.2) is 4.39 Å². The molecule has 1 unspecified atom stereocenters. The van der Waals surface area contributed by atoms with Gasteiger partial charge in [-0.3, -0.25) is 0 Å². The van der Waals surface area contributed by atoms with Crippen LogP contribution >= 0.6 is 22.9 Å². The molecule has 1 heterocycles. The lowest BCUT2D eigenvalue weighted by Gasteiger charge is -2.15. The summed E-state index contributed by atoms with van der Waals surface area (Å²) in [5.74, 6) is -0.0397. The smallest absolute Gasteiger partial charge is 0.167 e. The highest BCUT2D eigenvalue weighted by Gasteiger charge is 2.25. The highest BCUT2D eigenvalue weighted by atomic mass is 35.5. The van der Waals surface area contributed by atoms with Crippen molar-refractivity contribution in [2.24, 2.45) is 0 Å². The van der Waals surface area contributed by atoms with E-state index in [0.29, 0.717) is 12.4 Å². The minimum Gasteiger partial charge on any atom is -0.491 e. The zero-order chi connectivity index (χ0) is 14.1. The molecule has 2 nitrogen and oxygen atoms in total. The van der Waals surface area contributed by atoms with Crippen LogP contribution in [0.1, 0.15) is 29.8 Å². The Labute approximate surface area is 126 Å². The van der Waals surface area contributed by atoms with Crippen LogP contribution in [0.2, 0.25) is 4.34 Å². The minimum absolute atomic E-state index is 0.214. The van der Waals surface area contributed by atoms with Gasteiger partial charge in [-0.1, -0.05) is 11.6 Å². The van der Waals surface area contributed by atoms with Crippen molar-refractivity contribution >= 4 is 28.6 Å². The standard InChI is InChI=1S/C15H15ClFNOS/c1-2-19-13-5-3-9(7-11(13)17)18-12-4-6-14-10(12)8-15(16)20-14/h3,5,7-8,12,18H,2,4,6H2,1H3. The van der Waals surface area contributed by atoms with Crippen LogP contribution in [0.25, 0.3) is 0 Å². The molecule has 1 aliphatic rings. The van der Waals surface area contributed by atoms with E-state index in [9.17, 15) is 4.39 Å². The molecule has 0 bridgehead atoms. The molecule has 2 aromatic rings. The minimum atomic E-state index is -0.335. The van der Waals surface area contributed by atoms with Gasteiger partial charge in [-0.05, 0) is 43.5 Å². The second-order valence-corrected chi connectivity index (χ2v) is 6.51. The maximum Gasteiger partial charge on any atom is 0.167 e. The molecule has 1 aromatic carbocycles. The molecule has 0 saturated carbocycles. The first-order valence-electron chi connectivity index (χ1n) is 6.64. The summed E-state index contributed by atoms with van der Waals surface area (Å²) >= 11 is 7.68. The van der Waals surface area contributed by atoms with Crippen LogP contribution in [0.4, 0.5) is 10.1 Å². The summed E-state index contributed by atoms with van der Waals surface area (Å²) in [6, 6.07) is 7.22. The summed E-state index contributed by atoms with van der Waals surface area (Å²) in [6.45, 7) is 2.30. The fraction of sp³-hybridized carbons (Fsp3) is 0.333. The maximum absolute atomic E-state index is 13.8. The largest absolute Gasteiger partial charge is 0.491 e. The van der Waals surface area contributed by atoms with Crippen molar-refractivity contribution in [3.8, 4) is 5.75 Å². The lowest BCUT2D eigenvalue weighted by Crippen LogP contribution is -2.07. The predicted octanol–water partition coefficient (Wildman–Crippen LogP) is 5.04. The van der Waals surface area contributed by atoms with Crippen molar-refractivity contribution in [2.45, 2.75) is 25.8 Å². The van der Waals surface area contributed by atoms with Crippen molar-refractivity contribution in [3.63, 3.8) is 0 Å². The Kier molecular flexibility index (Phi) is 3.85.